The summed E-state index contributed by atoms with van der Waals surface area (Å²) in [6.07, 6.45) is 1.08. The van der Waals surface area contributed by atoms with Crippen molar-refractivity contribution in [1.29, 1.82) is 0 Å². The van der Waals surface area contributed by atoms with Crippen LogP contribution in [0.2, 0.25) is 5.02 Å². The Balaban J connectivity index is 2.12. The third-order valence-electron chi connectivity index (χ3n) is 4.45. The van der Waals surface area contributed by atoms with Crippen LogP contribution in [0.3, 0.4) is 0 Å². The van der Waals surface area contributed by atoms with Crippen molar-refractivity contribution in [2.75, 3.05) is 6.61 Å². The van der Waals surface area contributed by atoms with Gasteiger partial charge in [-0.05, 0) is 68.0 Å². The summed E-state index contributed by atoms with van der Waals surface area (Å²) in [6, 6.07) is 11.7. The maximum Gasteiger partial charge on any atom is 0.162 e. The minimum atomic E-state index is 0.0349. The largest absolute Gasteiger partial charge is 0.490 e. The van der Waals surface area contributed by atoms with Crippen LogP contribution in [0.5, 0.6) is 11.5 Å². The summed E-state index contributed by atoms with van der Waals surface area (Å²) in [5.74, 6) is 1.49. The lowest BCUT2D eigenvalue weighted by molar-refractivity contribution is 0.240. The molecule has 0 aromatic heterocycles. The molecule has 3 nitrogen and oxygen atoms in total. The zero-order valence-electron chi connectivity index (χ0n) is 18.4. The first-order valence-corrected chi connectivity index (χ1v) is 11.2. The fraction of sp³-hybridized carbons (Fsp3) is 0.500. The lowest BCUT2D eigenvalue weighted by Gasteiger charge is -2.33. The summed E-state index contributed by atoms with van der Waals surface area (Å²) in [5, 5.41) is 4.41. The summed E-state index contributed by atoms with van der Waals surface area (Å²) in [7, 11) is 0. The molecule has 0 saturated heterocycles. The fourth-order valence-electron chi connectivity index (χ4n) is 3.56. The van der Waals surface area contributed by atoms with E-state index in [9.17, 15) is 0 Å². The van der Waals surface area contributed by atoms with E-state index in [1.54, 1.807) is 0 Å². The summed E-state index contributed by atoms with van der Waals surface area (Å²) in [4.78, 5) is 0. The van der Waals surface area contributed by atoms with Crippen molar-refractivity contribution in [3.05, 3.63) is 57.0 Å². The van der Waals surface area contributed by atoms with Gasteiger partial charge in [-0.15, -0.1) is 0 Å². The van der Waals surface area contributed by atoms with Crippen molar-refractivity contribution in [1.82, 2.24) is 5.32 Å². The van der Waals surface area contributed by atoms with Crippen molar-refractivity contribution >= 4 is 27.5 Å². The monoisotopic (exact) mass is 481 g/mol. The van der Waals surface area contributed by atoms with Crippen molar-refractivity contribution in [2.45, 2.75) is 66.7 Å². The summed E-state index contributed by atoms with van der Waals surface area (Å²) in [6.45, 7) is 15.1. The standard InChI is InChI=1S/C24H33BrClNO2/c1-7-28-21-12-18(14-27-24(5,6)16-23(2,3)4)20(25)13-22(21)29-15-17-8-10-19(26)11-9-17/h8-13,27H,7,14-16H2,1-6H3. The number of hydrogen-bond acceptors (Lipinski definition) is 3. The van der Waals surface area contributed by atoms with E-state index >= 15 is 0 Å². The van der Waals surface area contributed by atoms with Gasteiger partial charge in [0.25, 0.3) is 0 Å². The number of benzene rings is 2. The highest BCUT2D eigenvalue weighted by molar-refractivity contribution is 9.10. The Labute approximate surface area is 189 Å². The Morgan fingerprint density at radius 3 is 2.17 bits per heavy atom. The summed E-state index contributed by atoms with van der Waals surface area (Å²) < 4.78 is 12.9. The molecular formula is C24H33BrClNO2. The van der Waals surface area contributed by atoms with Crippen molar-refractivity contribution in [2.24, 2.45) is 5.41 Å². The molecule has 2 rings (SSSR count). The van der Waals surface area contributed by atoms with Crippen LogP contribution in [0.15, 0.2) is 40.9 Å². The van der Waals surface area contributed by atoms with E-state index < -0.39 is 0 Å². The number of rotatable bonds is 9. The van der Waals surface area contributed by atoms with E-state index in [0.717, 1.165) is 45.1 Å². The van der Waals surface area contributed by atoms with Gasteiger partial charge in [-0.3, -0.25) is 0 Å². The van der Waals surface area contributed by atoms with E-state index in [2.05, 4.69) is 61.9 Å². The Hall–Kier alpha value is -1.23. The first-order valence-electron chi connectivity index (χ1n) is 10.1. The van der Waals surface area contributed by atoms with Gasteiger partial charge in [-0.1, -0.05) is 60.4 Å². The van der Waals surface area contributed by atoms with E-state index in [-0.39, 0.29) is 11.0 Å². The normalized spacial score (nSPS) is 12.1. The molecule has 2 aromatic rings. The smallest absolute Gasteiger partial charge is 0.162 e. The topological polar surface area (TPSA) is 30.5 Å². The first-order chi connectivity index (χ1) is 13.5. The summed E-state index contributed by atoms with van der Waals surface area (Å²) >= 11 is 9.66. The van der Waals surface area contributed by atoms with Crippen LogP contribution in [-0.2, 0) is 13.2 Å². The molecule has 0 aliphatic rings. The average Bonchev–Trinajstić information content (AvgIpc) is 2.60. The molecule has 0 fully saturated rings. The molecule has 0 saturated carbocycles. The first kappa shape index (κ1) is 24.0. The quantitative estimate of drug-likeness (QED) is 0.404. The molecule has 0 aliphatic heterocycles. The number of ether oxygens (including phenoxy) is 2. The number of nitrogens with one attached hydrogen (secondary N) is 1. The van der Waals surface area contributed by atoms with Crippen LogP contribution in [0.4, 0.5) is 0 Å². The van der Waals surface area contributed by atoms with Gasteiger partial charge in [0, 0.05) is 21.6 Å². The lowest BCUT2D eigenvalue weighted by Crippen LogP contribution is -2.41. The third-order valence-corrected chi connectivity index (χ3v) is 5.44. The Kier molecular flexibility index (Phi) is 8.45. The highest BCUT2D eigenvalue weighted by Gasteiger charge is 2.25. The molecule has 0 radical (unpaired) electrons. The molecule has 1 N–H and O–H groups in total. The second kappa shape index (κ2) is 10.2. The number of hydrogen-bond donors (Lipinski definition) is 1. The molecule has 0 atom stereocenters. The van der Waals surface area contributed by atoms with Crippen LogP contribution < -0.4 is 14.8 Å². The second-order valence-electron chi connectivity index (χ2n) is 9.21. The molecule has 0 aliphatic carbocycles. The Morgan fingerprint density at radius 1 is 0.966 bits per heavy atom. The fourth-order valence-corrected chi connectivity index (χ4v) is 4.15. The Morgan fingerprint density at radius 2 is 1.59 bits per heavy atom. The zero-order valence-corrected chi connectivity index (χ0v) is 20.7. The molecule has 0 amide bonds. The molecule has 0 heterocycles. The van der Waals surface area contributed by atoms with E-state index in [0.29, 0.717) is 13.2 Å². The molecule has 0 unspecified atom stereocenters. The minimum Gasteiger partial charge on any atom is -0.490 e. The van der Waals surface area contributed by atoms with Crippen molar-refractivity contribution < 1.29 is 9.47 Å². The van der Waals surface area contributed by atoms with E-state index in [1.165, 1.54) is 0 Å². The summed E-state index contributed by atoms with van der Waals surface area (Å²) in [5.41, 5.74) is 2.51. The second-order valence-corrected chi connectivity index (χ2v) is 10.5. The third kappa shape index (κ3) is 8.19. The van der Waals surface area contributed by atoms with Gasteiger partial charge < -0.3 is 14.8 Å². The predicted molar refractivity (Wildman–Crippen MR) is 126 cm³/mol. The highest BCUT2D eigenvalue weighted by Crippen LogP contribution is 2.35. The van der Waals surface area contributed by atoms with Crippen molar-refractivity contribution in [3.8, 4) is 11.5 Å². The molecule has 0 bridgehead atoms. The number of halogens is 2. The average molecular weight is 483 g/mol. The van der Waals surface area contributed by atoms with E-state index in [4.69, 9.17) is 21.1 Å². The zero-order chi connectivity index (χ0) is 21.7. The van der Waals surface area contributed by atoms with Gasteiger partial charge in [0.15, 0.2) is 11.5 Å². The van der Waals surface area contributed by atoms with Crippen LogP contribution in [0, 0.1) is 5.41 Å². The van der Waals surface area contributed by atoms with Gasteiger partial charge in [-0.2, -0.15) is 0 Å². The van der Waals surface area contributed by atoms with Crippen LogP contribution >= 0.6 is 27.5 Å². The molecule has 160 valence electrons. The molecule has 0 spiro atoms. The van der Waals surface area contributed by atoms with Gasteiger partial charge in [0.2, 0.25) is 0 Å². The molecule has 5 heteroatoms. The molecule has 29 heavy (non-hydrogen) atoms. The molecule has 2 aromatic carbocycles. The van der Waals surface area contributed by atoms with Crippen molar-refractivity contribution in [3.63, 3.8) is 0 Å². The van der Waals surface area contributed by atoms with Gasteiger partial charge in [0.05, 0.1) is 6.61 Å². The van der Waals surface area contributed by atoms with Gasteiger partial charge in [-0.25, -0.2) is 0 Å². The minimum absolute atomic E-state index is 0.0349. The highest BCUT2D eigenvalue weighted by atomic mass is 79.9. The lowest BCUT2D eigenvalue weighted by atomic mass is 9.82. The maximum atomic E-state index is 6.04. The maximum absolute atomic E-state index is 6.04. The van der Waals surface area contributed by atoms with Crippen LogP contribution in [-0.4, -0.2) is 12.1 Å². The van der Waals surface area contributed by atoms with Gasteiger partial charge in [0.1, 0.15) is 6.61 Å². The van der Waals surface area contributed by atoms with Gasteiger partial charge >= 0.3 is 0 Å². The predicted octanol–water partition coefficient (Wildman–Crippen LogP) is 7.38. The van der Waals surface area contributed by atoms with E-state index in [1.807, 2.05) is 37.3 Å². The SMILES string of the molecule is CCOc1cc(CNC(C)(C)CC(C)(C)C)c(Br)cc1OCc1ccc(Cl)cc1. The van der Waals surface area contributed by atoms with Crippen LogP contribution in [0.25, 0.3) is 0 Å². The van der Waals surface area contributed by atoms with Crippen LogP contribution in [0.1, 0.15) is 59.1 Å². The molecular weight excluding hydrogens is 450 g/mol. The Bertz CT molecular complexity index is 798.